The van der Waals surface area contributed by atoms with Gasteiger partial charge in [-0.2, -0.15) is 0 Å². The average molecular weight is 219 g/mol. The lowest BCUT2D eigenvalue weighted by Gasteiger charge is -2.13. The van der Waals surface area contributed by atoms with Crippen LogP contribution in [0.1, 0.15) is 55.7 Å². The first-order valence-electron chi connectivity index (χ1n) is 6.41. The molecule has 0 amide bonds. The number of hydrogen-bond donors (Lipinski definition) is 1. The van der Waals surface area contributed by atoms with Crippen LogP contribution in [0, 0.1) is 11.8 Å². The van der Waals surface area contributed by atoms with Crippen LogP contribution in [0.5, 0.6) is 0 Å². The Kier molecular flexibility index (Phi) is 1.76. The number of nitrogens with zero attached hydrogens (tertiary/aromatic N) is 3. The molecule has 1 aromatic rings. The summed E-state index contributed by atoms with van der Waals surface area (Å²) in [6.07, 6.45) is 6.53. The third-order valence-electron chi connectivity index (χ3n) is 4.45. The third-order valence-corrected chi connectivity index (χ3v) is 4.45. The van der Waals surface area contributed by atoms with Crippen molar-refractivity contribution in [2.75, 3.05) is 0 Å². The van der Waals surface area contributed by atoms with Gasteiger partial charge in [0.25, 0.3) is 0 Å². The highest BCUT2D eigenvalue weighted by Crippen LogP contribution is 2.57. The minimum Gasteiger partial charge on any atom is -0.388 e. The van der Waals surface area contributed by atoms with Gasteiger partial charge in [-0.3, -0.25) is 0 Å². The maximum absolute atomic E-state index is 9.29. The molecule has 4 heteroatoms. The van der Waals surface area contributed by atoms with Gasteiger partial charge in [-0.25, -0.2) is 0 Å². The molecule has 3 aliphatic rings. The van der Waals surface area contributed by atoms with Crippen LogP contribution in [0.25, 0.3) is 0 Å². The third kappa shape index (κ3) is 1.25. The maximum Gasteiger partial charge on any atom is 0.159 e. The van der Waals surface area contributed by atoms with E-state index in [2.05, 4.69) is 14.8 Å². The molecule has 0 saturated heterocycles. The fraction of sp³-hybridized carbons (Fsp3) is 0.833. The van der Waals surface area contributed by atoms with E-state index in [1.165, 1.54) is 37.9 Å². The van der Waals surface area contributed by atoms with E-state index in [1.807, 2.05) is 0 Å². The Labute approximate surface area is 94.7 Å². The normalized spacial score (nSPS) is 36.4. The van der Waals surface area contributed by atoms with Crippen molar-refractivity contribution in [3.63, 3.8) is 0 Å². The summed E-state index contributed by atoms with van der Waals surface area (Å²) in [7, 11) is 0. The molecule has 0 bridgehead atoms. The fourth-order valence-electron chi connectivity index (χ4n) is 3.38. The Morgan fingerprint density at radius 3 is 2.50 bits per heavy atom. The van der Waals surface area contributed by atoms with E-state index in [1.54, 1.807) is 0 Å². The van der Waals surface area contributed by atoms with Crippen LogP contribution in [-0.2, 0) is 6.61 Å². The molecule has 1 heterocycles. The highest BCUT2D eigenvalue weighted by Gasteiger charge is 2.48. The van der Waals surface area contributed by atoms with Gasteiger partial charge in [0.15, 0.2) is 5.82 Å². The summed E-state index contributed by atoms with van der Waals surface area (Å²) in [6, 6.07) is 0.587. The maximum atomic E-state index is 9.29. The standard InChI is InChI=1S/C12H17N3O/c16-6-11-13-14-12(15(11)10-1-2-10)9-4-7-3-8(7)5-9/h7-10,16H,1-6H2. The molecule has 0 aliphatic heterocycles. The van der Waals surface area contributed by atoms with Gasteiger partial charge < -0.3 is 9.67 Å². The van der Waals surface area contributed by atoms with Crippen LogP contribution >= 0.6 is 0 Å². The molecule has 4 rings (SSSR count). The van der Waals surface area contributed by atoms with Crippen LogP contribution in [0.4, 0.5) is 0 Å². The van der Waals surface area contributed by atoms with Crippen LogP contribution in [-0.4, -0.2) is 19.9 Å². The first kappa shape index (κ1) is 9.16. The summed E-state index contributed by atoms with van der Waals surface area (Å²) in [5.41, 5.74) is 0. The minimum absolute atomic E-state index is 0.0308. The van der Waals surface area contributed by atoms with Crippen LogP contribution in [0.2, 0.25) is 0 Å². The fourth-order valence-corrected chi connectivity index (χ4v) is 3.38. The molecule has 0 radical (unpaired) electrons. The Morgan fingerprint density at radius 2 is 1.88 bits per heavy atom. The molecule has 1 aromatic heterocycles. The largest absolute Gasteiger partial charge is 0.388 e. The van der Waals surface area contributed by atoms with Crippen molar-refractivity contribution in [1.82, 2.24) is 14.8 Å². The van der Waals surface area contributed by atoms with Crippen molar-refractivity contribution in [2.24, 2.45) is 11.8 Å². The highest BCUT2D eigenvalue weighted by atomic mass is 16.3. The van der Waals surface area contributed by atoms with Crippen LogP contribution < -0.4 is 0 Å². The van der Waals surface area contributed by atoms with E-state index in [0.717, 1.165) is 17.7 Å². The van der Waals surface area contributed by atoms with Crippen molar-refractivity contribution in [2.45, 2.75) is 50.7 Å². The predicted molar refractivity (Wildman–Crippen MR) is 57.8 cm³/mol. The summed E-state index contributed by atoms with van der Waals surface area (Å²) >= 11 is 0. The van der Waals surface area contributed by atoms with E-state index in [-0.39, 0.29) is 6.61 Å². The SMILES string of the molecule is OCc1nnc(C2CC3CC3C2)n1C1CC1. The molecule has 16 heavy (non-hydrogen) atoms. The Morgan fingerprint density at radius 1 is 1.12 bits per heavy atom. The summed E-state index contributed by atoms with van der Waals surface area (Å²) in [5.74, 6) is 4.52. The molecular weight excluding hydrogens is 202 g/mol. The van der Waals surface area contributed by atoms with E-state index in [9.17, 15) is 5.11 Å². The summed E-state index contributed by atoms with van der Waals surface area (Å²) < 4.78 is 2.23. The zero-order valence-electron chi connectivity index (χ0n) is 9.34. The predicted octanol–water partition coefficient (Wildman–Crippen LogP) is 1.62. The van der Waals surface area contributed by atoms with Crippen molar-refractivity contribution in [3.8, 4) is 0 Å². The molecule has 1 N–H and O–H groups in total. The minimum atomic E-state index is 0.0308. The number of aromatic nitrogens is 3. The highest BCUT2D eigenvalue weighted by molar-refractivity contribution is 5.13. The zero-order chi connectivity index (χ0) is 10.7. The molecule has 2 unspecified atom stereocenters. The zero-order valence-corrected chi connectivity index (χ0v) is 9.34. The molecule has 0 aromatic carbocycles. The summed E-state index contributed by atoms with van der Waals surface area (Å²) in [6.45, 7) is 0.0308. The van der Waals surface area contributed by atoms with Crippen molar-refractivity contribution in [3.05, 3.63) is 11.6 Å². The number of hydrogen-bond acceptors (Lipinski definition) is 3. The van der Waals surface area contributed by atoms with Gasteiger partial charge in [-0.1, -0.05) is 0 Å². The quantitative estimate of drug-likeness (QED) is 0.840. The number of aliphatic hydroxyl groups excluding tert-OH is 1. The van der Waals surface area contributed by atoms with Crippen molar-refractivity contribution in [1.29, 1.82) is 0 Å². The molecular formula is C12H17N3O. The topological polar surface area (TPSA) is 50.9 Å². The Hall–Kier alpha value is -0.900. The summed E-state index contributed by atoms with van der Waals surface area (Å²) in [4.78, 5) is 0. The van der Waals surface area contributed by atoms with Gasteiger partial charge in [0.05, 0.1) is 0 Å². The number of aliphatic hydroxyl groups is 1. The van der Waals surface area contributed by atoms with Crippen LogP contribution in [0.3, 0.4) is 0 Å². The Bertz CT molecular complexity index is 414. The molecule has 2 atom stereocenters. The Balaban J connectivity index is 1.68. The van der Waals surface area contributed by atoms with E-state index in [4.69, 9.17) is 0 Å². The number of fused-ring (bicyclic) bond motifs is 1. The number of rotatable bonds is 3. The second-order valence-corrected chi connectivity index (χ2v) is 5.66. The lowest BCUT2D eigenvalue weighted by Crippen LogP contribution is -2.09. The van der Waals surface area contributed by atoms with Crippen molar-refractivity contribution >= 4 is 0 Å². The molecule has 3 fully saturated rings. The van der Waals surface area contributed by atoms with Crippen molar-refractivity contribution < 1.29 is 5.11 Å². The van der Waals surface area contributed by atoms with Gasteiger partial charge >= 0.3 is 0 Å². The van der Waals surface area contributed by atoms with Gasteiger partial charge in [-0.05, 0) is 43.9 Å². The van der Waals surface area contributed by atoms with Gasteiger partial charge in [0, 0.05) is 12.0 Å². The molecule has 4 nitrogen and oxygen atoms in total. The van der Waals surface area contributed by atoms with Gasteiger partial charge in [0.2, 0.25) is 0 Å². The first-order valence-corrected chi connectivity index (χ1v) is 6.41. The molecule has 3 saturated carbocycles. The first-order chi connectivity index (χ1) is 7.86. The van der Waals surface area contributed by atoms with E-state index in [0.29, 0.717) is 12.0 Å². The smallest absolute Gasteiger partial charge is 0.159 e. The lowest BCUT2D eigenvalue weighted by molar-refractivity contribution is 0.263. The molecule has 0 spiro atoms. The average Bonchev–Trinajstić information content (AvgIpc) is 3.20. The van der Waals surface area contributed by atoms with Gasteiger partial charge in [0.1, 0.15) is 12.4 Å². The van der Waals surface area contributed by atoms with E-state index < -0.39 is 0 Å². The van der Waals surface area contributed by atoms with Gasteiger partial charge in [-0.15, -0.1) is 10.2 Å². The monoisotopic (exact) mass is 219 g/mol. The van der Waals surface area contributed by atoms with E-state index >= 15 is 0 Å². The summed E-state index contributed by atoms with van der Waals surface area (Å²) in [5, 5.41) is 17.8. The molecule has 86 valence electrons. The second-order valence-electron chi connectivity index (χ2n) is 5.66. The lowest BCUT2D eigenvalue weighted by atomic mass is 10.0. The second kappa shape index (κ2) is 3.06. The van der Waals surface area contributed by atoms with Crippen LogP contribution in [0.15, 0.2) is 0 Å². The molecule has 3 aliphatic carbocycles.